The summed E-state index contributed by atoms with van der Waals surface area (Å²) in [7, 11) is 1.14. The van der Waals surface area contributed by atoms with Crippen molar-refractivity contribution in [3.05, 3.63) is 72.1 Å². The highest BCUT2D eigenvalue weighted by Gasteiger charge is 2.14. The van der Waals surface area contributed by atoms with Crippen LogP contribution >= 0.6 is 0 Å². The lowest BCUT2D eigenvalue weighted by Crippen LogP contribution is -2.15. The number of methoxy groups -OCH3 is 1. The maximum Gasteiger partial charge on any atom is 0.411 e. The maximum atomic E-state index is 13.8. The van der Waals surface area contributed by atoms with Crippen molar-refractivity contribution in [2.24, 2.45) is 0 Å². The number of anilines is 2. The fraction of sp³-hybridized carbons (Fsp3) is 0.0556. The van der Waals surface area contributed by atoms with Crippen molar-refractivity contribution in [1.82, 2.24) is 9.78 Å². The summed E-state index contributed by atoms with van der Waals surface area (Å²) in [5.74, 6) is -1.76. The zero-order valence-electron chi connectivity index (χ0n) is 14.1. The number of nitrogens with one attached hydrogen (secondary N) is 2. The van der Waals surface area contributed by atoms with Gasteiger partial charge in [-0.05, 0) is 36.4 Å². The third-order valence-electron chi connectivity index (χ3n) is 3.57. The van der Waals surface area contributed by atoms with E-state index in [2.05, 4.69) is 20.5 Å². The quantitative estimate of drug-likeness (QED) is 0.733. The van der Waals surface area contributed by atoms with Crippen molar-refractivity contribution in [3.8, 4) is 5.69 Å². The van der Waals surface area contributed by atoms with Gasteiger partial charge in [-0.2, -0.15) is 5.10 Å². The van der Waals surface area contributed by atoms with Crippen molar-refractivity contribution in [1.29, 1.82) is 0 Å². The molecule has 0 spiro atoms. The van der Waals surface area contributed by atoms with E-state index in [1.807, 2.05) is 0 Å². The molecule has 138 valence electrons. The van der Waals surface area contributed by atoms with Crippen LogP contribution in [0.3, 0.4) is 0 Å². The molecule has 0 saturated heterocycles. The number of carbonyl (C=O) groups excluding carboxylic acids is 2. The third kappa shape index (κ3) is 4.09. The van der Waals surface area contributed by atoms with Gasteiger partial charge in [-0.25, -0.2) is 18.3 Å². The van der Waals surface area contributed by atoms with Gasteiger partial charge in [0.05, 0.1) is 12.8 Å². The molecule has 2 aromatic carbocycles. The van der Waals surface area contributed by atoms with Gasteiger partial charge in [-0.1, -0.05) is 12.1 Å². The van der Waals surface area contributed by atoms with Crippen LogP contribution in [0.5, 0.6) is 0 Å². The van der Waals surface area contributed by atoms with E-state index in [1.54, 1.807) is 12.1 Å². The number of halogens is 2. The molecule has 0 radical (unpaired) electrons. The van der Waals surface area contributed by atoms with Gasteiger partial charge in [0.25, 0.3) is 5.91 Å². The number of rotatable bonds is 4. The summed E-state index contributed by atoms with van der Waals surface area (Å²) in [6.07, 6.45) is 0.600. The Kier molecular flexibility index (Phi) is 5.11. The molecular weight excluding hydrogens is 358 g/mol. The lowest BCUT2D eigenvalue weighted by Gasteiger charge is -2.08. The van der Waals surface area contributed by atoms with Gasteiger partial charge in [-0.3, -0.25) is 10.1 Å². The lowest BCUT2D eigenvalue weighted by atomic mass is 10.2. The number of hydrogen-bond donors (Lipinski definition) is 2. The fourth-order valence-corrected chi connectivity index (χ4v) is 2.27. The van der Waals surface area contributed by atoms with Crippen LogP contribution in [0.4, 0.5) is 25.0 Å². The van der Waals surface area contributed by atoms with Crippen LogP contribution in [0.1, 0.15) is 10.5 Å². The fourth-order valence-electron chi connectivity index (χ4n) is 2.27. The van der Waals surface area contributed by atoms with Gasteiger partial charge in [0.1, 0.15) is 17.3 Å². The van der Waals surface area contributed by atoms with Crippen molar-refractivity contribution in [2.45, 2.75) is 0 Å². The first-order valence-corrected chi connectivity index (χ1v) is 7.74. The molecule has 0 aliphatic heterocycles. The summed E-state index contributed by atoms with van der Waals surface area (Å²) >= 11 is 0. The highest BCUT2D eigenvalue weighted by atomic mass is 19.1. The minimum atomic E-state index is -0.846. The monoisotopic (exact) mass is 372 g/mol. The van der Waals surface area contributed by atoms with Gasteiger partial charge in [0.2, 0.25) is 0 Å². The van der Waals surface area contributed by atoms with Gasteiger partial charge < -0.3 is 10.1 Å². The second kappa shape index (κ2) is 7.65. The molecule has 0 bridgehead atoms. The molecule has 3 aromatic rings. The molecular formula is C18H14F2N4O3. The summed E-state index contributed by atoms with van der Waals surface area (Å²) in [4.78, 5) is 23.6. The summed E-state index contributed by atoms with van der Waals surface area (Å²) in [6, 6.07) is 11.1. The summed E-state index contributed by atoms with van der Waals surface area (Å²) in [5.41, 5.74) is 0.303. The number of benzene rings is 2. The SMILES string of the molecule is COC(=O)Nc1cc(NC(=O)c2ccn(-c3ccccc3F)n2)ccc1F. The molecule has 0 aliphatic rings. The zero-order chi connectivity index (χ0) is 19.4. The number of amides is 2. The molecule has 1 heterocycles. The van der Waals surface area contributed by atoms with Crippen LogP contribution in [0.25, 0.3) is 5.69 Å². The second-order valence-corrected chi connectivity index (χ2v) is 5.36. The lowest BCUT2D eigenvalue weighted by molar-refractivity contribution is 0.102. The van der Waals surface area contributed by atoms with Crippen molar-refractivity contribution in [3.63, 3.8) is 0 Å². The first kappa shape index (κ1) is 18.1. The van der Waals surface area contributed by atoms with Crippen LogP contribution in [-0.2, 0) is 4.74 Å². The number of aromatic nitrogens is 2. The van der Waals surface area contributed by atoms with E-state index in [0.717, 1.165) is 13.2 Å². The predicted octanol–water partition coefficient (Wildman–Crippen LogP) is 3.58. The number of ether oxygens (including phenoxy) is 1. The Hall–Kier alpha value is -3.75. The first-order chi connectivity index (χ1) is 13.0. The molecule has 0 aliphatic carbocycles. The standard InChI is InChI=1S/C18H14F2N4O3/c1-27-18(26)22-15-10-11(6-7-12(15)19)21-17(25)14-8-9-24(23-14)16-5-3-2-4-13(16)20/h2-10H,1H3,(H,21,25)(H,22,26). The van der Waals surface area contributed by atoms with E-state index in [0.29, 0.717) is 0 Å². The minimum absolute atomic E-state index is 0.0325. The molecule has 9 heteroatoms. The Morgan fingerprint density at radius 3 is 2.56 bits per heavy atom. The molecule has 0 fully saturated rings. The molecule has 2 N–H and O–H groups in total. The Labute approximate surface area is 152 Å². The van der Waals surface area contributed by atoms with Crippen molar-refractivity contribution >= 4 is 23.4 Å². The number of hydrogen-bond acceptors (Lipinski definition) is 4. The summed E-state index contributed by atoms with van der Waals surface area (Å²) < 4.78 is 33.2. The largest absolute Gasteiger partial charge is 0.453 e. The van der Waals surface area contributed by atoms with E-state index < -0.39 is 23.6 Å². The van der Waals surface area contributed by atoms with E-state index >= 15 is 0 Å². The van der Waals surface area contributed by atoms with Crippen LogP contribution in [0.15, 0.2) is 54.7 Å². The molecule has 0 atom stereocenters. The van der Waals surface area contributed by atoms with E-state index in [1.165, 1.54) is 41.2 Å². The van der Waals surface area contributed by atoms with Crippen LogP contribution in [-0.4, -0.2) is 28.9 Å². The molecule has 2 amide bonds. The van der Waals surface area contributed by atoms with Crippen LogP contribution < -0.4 is 10.6 Å². The molecule has 7 nitrogen and oxygen atoms in total. The average Bonchev–Trinajstić information content (AvgIpc) is 3.14. The second-order valence-electron chi connectivity index (χ2n) is 5.36. The first-order valence-electron chi connectivity index (χ1n) is 7.74. The van der Waals surface area contributed by atoms with Gasteiger partial charge in [0.15, 0.2) is 5.69 Å². The normalized spacial score (nSPS) is 10.3. The van der Waals surface area contributed by atoms with E-state index in [-0.39, 0.29) is 22.8 Å². The van der Waals surface area contributed by atoms with Crippen molar-refractivity contribution < 1.29 is 23.1 Å². The predicted molar refractivity (Wildman–Crippen MR) is 93.9 cm³/mol. The molecule has 0 saturated carbocycles. The number of para-hydroxylation sites is 1. The van der Waals surface area contributed by atoms with Gasteiger partial charge in [-0.15, -0.1) is 0 Å². The third-order valence-corrected chi connectivity index (χ3v) is 3.57. The minimum Gasteiger partial charge on any atom is -0.453 e. The van der Waals surface area contributed by atoms with Gasteiger partial charge >= 0.3 is 6.09 Å². The zero-order valence-corrected chi connectivity index (χ0v) is 14.1. The molecule has 1 aromatic heterocycles. The Balaban J connectivity index is 1.77. The van der Waals surface area contributed by atoms with Crippen LogP contribution in [0, 0.1) is 11.6 Å². The summed E-state index contributed by atoms with van der Waals surface area (Å²) in [5, 5.41) is 8.77. The average molecular weight is 372 g/mol. The number of nitrogens with zero attached hydrogens (tertiary/aromatic N) is 2. The Bertz CT molecular complexity index is 1000. The van der Waals surface area contributed by atoms with Gasteiger partial charge in [0, 0.05) is 11.9 Å². The summed E-state index contributed by atoms with van der Waals surface area (Å²) in [6.45, 7) is 0. The topological polar surface area (TPSA) is 85.3 Å². The van der Waals surface area contributed by atoms with Crippen LogP contribution in [0.2, 0.25) is 0 Å². The molecule has 27 heavy (non-hydrogen) atoms. The van der Waals surface area contributed by atoms with E-state index in [9.17, 15) is 18.4 Å². The Morgan fingerprint density at radius 1 is 1.04 bits per heavy atom. The molecule has 0 unspecified atom stereocenters. The van der Waals surface area contributed by atoms with Crippen molar-refractivity contribution in [2.75, 3.05) is 17.7 Å². The highest BCUT2D eigenvalue weighted by molar-refractivity contribution is 6.03. The molecule has 3 rings (SSSR count). The van der Waals surface area contributed by atoms with E-state index in [4.69, 9.17) is 0 Å². The highest BCUT2D eigenvalue weighted by Crippen LogP contribution is 2.20. The Morgan fingerprint density at radius 2 is 1.81 bits per heavy atom. The maximum absolute atomic E-state index is 13.8. The number of carbonyl (C=O) groups is 2. The smallest absolute Gasteiger partial charge is 0.411 e.